The van der Waals surface area contributed by atoms with Crippen LogP contribution < -0.4 is 0 Å². The summed E-state index contributed by atoms with van der Waals surface area (Å²) < 4.78 is 2.17. The monoisotopic (exact) mass is 318 g/mol. The lowest BCUT2D eigenvalue weighted by Crippen LogP contribution is -2.04. The van der Waals surface area contributed by atoms with Crippen LogP contribution in [-0.4, -0.2) is 15.4 Å². The summed E-state index contributed by atoms with van der Waals surface area (Å²) in [5, 5.41) is 0.724. The maximum atomic E-state index is 6.19. The first kappa shape index (κ1) is 14.4. The van der Waals surface area contributed by atoms with Crippen molar-refractivity contribution in [2.24, 2.45) is 0 Å². The summed E-state index contributed by atoms with van der Waals surface area (Å²) in [4.78, 5) is 4.78. The van der Waals surface area contributed by atoms with Gasteiger partial charge in [-0.2, -0.15) is 0 Å². The Morgan fingerprint density at radius 3 is 2.67 bits per heavy atom. The van der Waals surface area contributed by atoms with E-state index in [0.717, 1.165) is 39.6 Å². The highest BCUT2D eigenvalue weighted by molar-refractivity contribution is 6.30. The van der Waals surface area contributed by atoms with Gasteiger partial charge >= 0.3 is 0 Å². The van der Waals surface area contributed by atoms with Gasteiger partial charge in [0, 0.05) is 17.3 Å². The molecule has 0 saturated carbocycles. The predicted octanol–water partition coefficient (Wildman–Crippen LogP) is 5.08. The van der Waals surface area contributed by atoms with Gasteiger partial charge in [0.15, 0.2) is 0 Å². The highest BCUT2D eigenvalue weighted by Crippen LogP contribution is 2.28. The molecule has 3 aromatic rings. The van der Waals surface area contributed by atoms with Crippen molar-refractivity contribution in [2.75, 3.05) is 5.88 Å². The van der Waals surface area contributed by atoms with Gasteiger partial charge in [0.1, 0.15) is 5.82 Å². The molecule has 2 aromatic carbocycles. The van der Waals surface area contributed by atoms with Crippen molar-refractivity contribution in [3.8, 4) is 5.69 Å². The average molecular weight is 319 g/mol. The number of aryl methyl sites for hydroxylation is 3. The second kappa shape index (κ2) is 5.70. The Hall–Kier alpha value is -1.51. The van der Waals surface area contributed by atoms with Gasteiger partial charge in [-0.05, 0) is 43.2 Å². The molecule has 2 nitrogen and oxygen atoms in total. The molecule has 0 bridgehead atoms. The number of hydrogen-bond donors (Lipinski definition) is 0. The van der Waals surface area contributed by atoms with Gasteiger partial charge in [0.2, 0.25) is 0 Å². The van der Waals surface area contributed by atoms with E-state index >= 15 is 0 Å². The van der Waals surface area contributed by atoms with Crippen molar-refractivity contribution in [1.29, 1.82) is 0 Å². The molecule has 1 heterocycles. The van der Waals surface area contributed by atoms with E-state index in [2.05, 4.69) is 36.6 Å². The van der Waals surface area contributed by atoms with Gasteiger partial charge in [-0.15, -0.1) is 11.6 Å². The molecule has 1 aromatic heterocycles. The Morgan fingerprint density at radius 1 is 1.10 bits per heavy atom. The Bertz CT molecular complexity index is 806. The lowest BCUT2D eigenvalue weighted by molar-refractivity contribution is 0.907. The van der Waals surface area contributed by atoms with Crippen LogP contribution in [0.3, 0.4) is 0 Å². The van der Waals surface area contributed by atoms with Gasteiger partial charge in [-0.3, -0.25) is 4.57 Å². The zero-order valence-electron chi connectivity index (χ0n) is 12.0. The van der Waals surface area contributed by atoms with Crippen LogP contribution in [0.15, 0.2) is 36.4 Å². The minimum atomic E-state index is 0.544. The molecule has 4 heteroatoms. The van der Waals surface area contributed by atoms with E-state index in [1.54, 1.807) is 0 Å². The summed E-state index contributed by atoms with van der Waals surface area (Å²) in [5.41, 5.74) is 5.52. The van der Waals surface area contributed by atoms with E-state index in [1.165, 1.54) is 5.56 Å². The topological polar surface area (TPSA) is 17.8 Å². The summed E-state index contributed by atoms with van der Waals surface area (Å²) in [6.07, 6.45) is 0.724. The third-order valence-corrected chi connectivity index (χ3v) is 4.11. The number of benzene rings is 2. The van der Waals surface area contributed by atoms with Gasteiger partial charge in [0.05, 0.1) is 16.7 Å². The fourth-order valence-corrected chi connectivity index (χ4v) is 2.97. The van der Waals surface area contributed by atoms with Crippen LogP contribution >= 0.6 is 23.2 Å². The van der Waals surface area contributed by atoms with Gasteiger partial charge < -0.3 is 0 Å². The van der Waals surface area contributed by atoms with Crippen LogP contribution in [0.4, 0.5) is 0 Å². The number of alkyl halides is 1. The van der Waals surface area contributed by atoms with E-state index in [1.807, 2.05) is 18.2 Å². The molecule has 0 atom stereocenters. The van der Waals surface area contributed by atoms with Gasteiger partial charge in [0.25, 0.3) is 0 Å². The van der Waals surface area contributed by atoms with Crippen molar-refractivity contribution in [3.63, 3.8) is 0 Å². The fourth-order valence-electron chi connectivity index (χ4n) is 2.63. The van der Waals surface area contributed by atoms with Crippen LogP contribution in [0.2, 0.25) is 5.02 Å². The van der Waals surface area contributed by atoms with Crippen LogP contribution in [-0.2, 0) is 6.42 Å². The highest BCUT2D eigenvalue weighted by Gasteiger charge is 2.15. The minimum Gasteiger partial charge on any atom is -0.296 e. The first-order valence-electron chi connectivity index (χ1n) is 6.91. The standard InChI is InChI=1S/C17H16Cl2N2/c1-11-6-7-13(19)10-15(11)21-14-5-3-4-12(2)17(14)20-16(21)8-9-18/h3-7,10H,8-9H2,1-2H3. The predicted molar refractivity (Wildman–Crippen MR) is 90.0 cm³/mol. The Labute approximate surface area is 134 Å². The summed E-state index contributed by atoms with van der Waals surface area (Å²) in [6.45, 7) is 4.16. The van der Waals surface area contributed by atoms with Crippen molar-refractivity contribution in [1.82, 2.24) is 9.55 Å². The lowest BCUT2D eigenvalue weighted by atomic mass is 10.1. The fraction of sp³-hybridized carbons (Fsp3) is 0.235. The number of fused-ring (bicyclic) bond motifs is 1. The van der Waals surface area contributed by atoms with Crippen molar-refractivity contribution >= 4 is 34.2 Å². The van der Waals surface area contributed by atoms with Crippen molar-refractivity contribution in [3.05, 3.63) is 58.4 Å². The molecule has 0 amide bonds. The minimum absolute atomic E-state index is 0.544. The van der Waals surface area contributed by atoms with Crippen LogP contribution in [0, 0.1) is 13.8 Å². The molecule has 0 unspecified atom stereocenters. The smallest absolute Gasteiger partial charge is 0.115 e. The number of imidazole rings is 1. The quantitative estimate of drug-likeness (QED) is 0.616. The normalized spacial score (nSPS) is 11.2. The first-order valence-corrected chi connectivity index (χ1v) is 7.82. The van der Waals surface area contributed by atoms with E-state index in [0.29, 0.717) is 5.88 Å². The zero-order chi connectivity index (χ0) is 15.0. The molecule has 0 radical (unpaired) electrons. The summed E-state index contributed by atoms with van der Waals surface area (Å²) >= 11 is 12.1. The van der Waals surface area contributed by atoms with E-state index in [4.69, 9.17) is 28.2 Å². The molecule has 108 valence electrons. The highest BCUT2D eigenvalue weighted by atomic mass is 35.5. The maximum absolute atomic E-state index is 6.19. The van der Waals surface area contributed by atoms with Gasteiger partial charge in [-0.1, -0.05) is 29.8 Å². The molecular weight excluding hydrogens is 303 g/mol. The Balaban J connectivity index is 2.36. The molecule has 0 spiro atoms. The number of para-hydroxylation sites is 1. The number of hydrogen-bond acceptors (Lipinski definition) is 1. The maximum Gasteiger partial charge on any atom is 0.115 e. The molecular formula is C17H16Cl2N2. The summed E-state index contributed by atoms with van der Waals surface area (Å²) in [7, 11) is 0. The Kier molecular flexibility index (Phi) is 3.92. The number of rotatable bonds is 3. The zero-order valence-corrected chi connectivity index (χ0v) is 13.5. The first-order chi connectivity index (χ1) is 10.1. The van der Waals surface area contributed by atoms with E-state index in [-0.39, 0.29) is 0 Å². The van der Waals surface area contributed by atoms with E-state index < -0.39 is 0 Å². The molecule has 0 saturated heterocycles. The molecule has 21 heavy (non-hydrogen) atoms. The van der Waals surface area contributed by atoms with Crippen LogP contribution in [0.5, 0.6) is 0 Å². The molecule has 0 aliphatic carbocycles. The van der Waals surface area contributed by atoms with Crippen LogP contribution in [0.25, 0.3) is 16.7 Å². The summed E-state index contributed by atoms with van der Waals surface area (Å²) in [5.74, 6) is 1.52. The third-order valence-electron chi connectivity index (χ3n) is 3.69. The number of aromatic nitrogens is 2. The Morgan fingerprint density at radius 2 is 1.90 bits per heavy atom. The average Bonchev–Trinajstić information content (AvgIpc) is 2.82. The largest absolute Gasteiger partial charge is 0.296 e. The lowest BCUT2D eigenvalue weighted by Gasteiger charge is -2.12. The molecule has 0 N–H and O–H groups in total. The second-order valence-corrected chi connectivity index (χ2v) is 5.99. The number of nitrogens with zero attached hydrogens (tertiary/aromatic N) is 2. The second-order valence-electron chi connectivity index (χ2n) is 5.18. The third kappa shape index (κ3) is 2.54. The van der Waals surface area contributed by atoms with Crippen LogP contribution in [0.1, 0.15) is 17.0 Å². The van der Waals surface area contributed by atoms with E-state index in [9.17, 15) is 0 Å². The molecule has 0 fully saturated rings. The van der Waals surface area contributed by atoms with Gasteiger partial charge in [-0.25, -0.2) is 4.98 Å². The van der Waals surface area contributed by atoms with Crippen molar-refractivity contribution in [2.45, 2.75) is 20.3 Å². The SMILES string of the molecule is Cc1ccc(Cl)cc1-n1c(CCCl)nc2c(C)cccc21. The number of halogens is 2. The van der Waals surface area contributed by atoms with Crippen molar-refractivity contribution < 1.29 is 0 Å². The molecule has 3 rings (SSSR count). The molecule has 0 aliphatic heterocycles. The summed E-state index contributed by atoms with van der Waals surface area (Å²) in [6, 6.07) is 12.1. The molecule has 0 aliphatic rings.